The van der Waals surface area contributed by atoms with E-state index in [0.717, 1.165) is 62.7 Å². The van der Waals surface area contributed by atoms with Gasteiger partial charge < -0.3 is 33.2 Å². The Morgan fingerprint density at radius 3 is 2.24 bits per heavy atom. The van der Waals surface area contributed by atoms with Crippen molar-refractivity contribution in [1.29, 1.82) is 0 Å². The largest absolute Gasteiger partial charge is 0.494 e. The SMILES string of the molecule is CCOc1ccc(CO[C@@H]2[C@H]3OC4(CCCCC4)O[C@H]3O[C@@H]2C2COC3(CCCCC3)O2)cc1. The number of ether oxygens (including phenoxy) is 7. The molecular weight excluding hydrogens is 436 g/mol. The first-order valence-electron chi connectivity index (χ1n) is 13.3. The van der Waals surface area contributed by atoms with Gasteiger partial charge in [-0.25, -0.2) is 0 Å². The molecule has 0 amide bonds. The molecule has 1 aromatic rings. The Hall–Kier alpha value is -1.22. The van der Waals surface area contributed by atoms with E-state index in [9.17, 15) is 0 Å². The molecule has 5 atom stereocenters. The summed E-state index contributed by atoms with van der Waals surface area (Å²) in [4.78, 5) is 0. The van der Waals surface area contributed by atoms with E-state index in [1.54, 1.807) is 0 Å². The molecule has 7 heteroatoms. The molecule has 188 valence electrons. The first-order chi connectivity index (χ1) is 16.7. The van der Waals surface area contributed by atoms with Crippen LogP contribution in [0.4, 0.5) is 0 Å². The van der Waals surface area contributed by atoms with Crippen molar-refractivity contribution in [2.75, 3.05) is 13.2 Å². The van der Waals surface area contributed by atoms with Crippen LogP contribution in [0.2, 0.25) is 0 Å². The van der Waals surface area contributed by atoms with Crippen LogP contribution in [-0.4, -0.2) is 55.5 Å². The lowest BCUT2D eigenvalue weighted by Crippen LogP contribution is -2.45. The van der Waals surface area contributed by atoms with Gasteiger partial charge in [0.2, 0.25) is 0 Å². The van der Waals surface area contributed by atoms with Crippen LogP contribution in [0.1, 0.15) is 76.7 Å². The van der Waals surface area contributed by atoms with Gasteiger partial charge in [0, 0.05) is 25.7 Å². The number of rotatable bonds is 6. The Bertz CT molecular complexity index is 815. The van der Waals surface area contributed by atoms with Gasteiger partial charge in [-0.15, -0.1) is 0 Å². The summed E-state index contributed by atoms with van der Waals surface area (Å²) in [5.41, 5.74) is 1.09. The maximum Gasteiger partial charge on any atom is 0.190 e. The van der Waals surface area contributed by atoms with Crippen molar-refractivity contribution in [3.8, 4) is 5.75 Å². The highest BCUT2D eigenvalue weighted by Gasteiger charge is 2.61. The average molecular weight is 475 g/mol. The van der Waals surface area contributed by atoms with Crippen molar-refractivity contribution in [2.24, 2.45) is 0 Å². The topological polar surface area (TPSA) is 64.6 Å². The van der Waals surface area contributed by atoms with Crippen LogP contribution < -0.4 is 4.74 Å². The van der Waals surface area contributed by atoms with Gasteiger partial charge in [0.1, 0.15) is 30.2 Å². The Morgan fingerprint density at radius 2 is 1.53 bits per heavy atom. The van der Waals surface area contributed by atoms with Crippen molar-refractivity contribution in [1.82, 2.24) is 0 Å². The van der Waals surface area contributed by atoms with Gasteiger partial charge in [-0.2, -0.15) is 0 Å². The zero-order valence-corrected chi connectivity index (χ0v) is 20.2. The predicted octanol–water partition coefficient (Wildman–Crippen LogP) is 4.85. The Kier molecular flexibility index (Phi) is 6.60. The minimum atomic E-state index is -0.517. The van der Waals surface area contributed by atoms with Crippen LogP contribution in [0, 0.1) is 0 Å². The van der Waals surface area contributed by atoms with Gasteiger partial charge in [-0.05, 0) is 50.3 Å². The second kappa shape index (κ2) is 9.68. The second-order valence-electron chi connectivity index (χ2n) is 10.4. The lowest BCUT2D eigenvalue weighted by atomic mass is 9.94. The predicted molar refractivity (Wildman–Crippen MR) is 123 cm³/mol. The van der Waals surface area contributed by atoms with Crippen LogP contribution in [-0.2, 0) is 35.0 Å². The first kappa shape index (κ1) is 23.2. The van der Waals surface area contributed by atoms with E-state index >= 15 is 0 Å². The molecule has 34 heavy (non-hydrogen) atoms. The highest BCUT2D eigenvalue weighted by molar-refractivity contribution is 5.26. The van der Waals surface area contributed by atoms with Crippen molar-refractivity contribution in [2.45, 2.75) is 120 Å². The number of hydrogen-bond acceptors (Lipinski definition) is 7. The summed E-state index contributed by atoms with van der Waals surface area (Å²) in [6.07, 6.45) is 9.40. The van der Waals surface area contributed by atoms with E-state index < -0.39 is 17.9 Å². The molecule has 7 nitrogen and oxygen atoms in total. The molecular formula is C27H38O7. The second-order valence-corrected chi connectivity index (χ2v) is 10.4. The molecule has 2 spiro atoms. The minimum absolute atomic E-state index is 0.177. The zero-order valence-electron chi connectivity index (χ0n) is 20.2. The molecule has 1 aromatic carbocycles. The first-order valence-corrected chi connectivity index (χ1v) is 13.3. The van der Waals surface area contributed by atoms with Gasteiger partial charge >= 0.3 is 0 Å². The van der Waals surface area contributed by atoms with Gasteiger partial charge in [0.25, 0.3) is 0 Å². The fourth-order valence-electron chi connectivity index (χ4n) is 6.30. The monoisotopic (exact) mass is 474 g/mol. The van der Waals surface area contributed by atoms with E-state index in [4.69, 9.17) is 33.2 Å². The van der Waals surface area contributed by atoms with E-state index in [1.807, 2.05) is 31.2 Å². The minimum Gasteiger partial charge on any atom is -0.494 e. The fourth-order valence-corrected chi connectivity index (χ4v) is 6.30. The molecule has 0 N–H and O–H groups in total. The molecule has 0 bridgehead atoms. The van der Waals surface area contributed by atoms with E-state index in [1.165, 1.54) is 12.8 Å². The van der Waals surface area contributed by atoms with Crippen molar-refractivity contribution in [3.05, 3.63) is 29.8 Å². The third kappa shape index (κ3) is 4.51. The lowest BCUT2D eigenvalue weighted by Gasteiger charge is -2.35. The van der Waals surface area contributed by atoms with Gasteiger partial charge in [0.05, 0.1) is 19.8 Å². The molecule has 3 saturated heterocycles. The lowest BCUT2D eigenvalue weighted by molar-refractivity contribution is -0.263. The van der Waals surface area contributed by atoms with Crippen molar-refractivity contribution >= 4 is 0 Å². The van der Waals surface area contributed by atoms with Crippen LogP contribution in [0.5, 0.6) is 5.75 Å². The Morgan fingerprint density at radius 1 is 0.824 bits per heavy atom. The zero-order chi connectivity index (χ0) is 23.0. The van der Waals surface area contributed by atoms with Crippen LogP contribution in [0.15, 0.2) is 24.3 Å². The maximum absolute atomic E-state index is 6.60. The molecule has 5 fully saturated rings. The molecule has 5 aliphatic rings. The van der Waals surface area contributed by atoms with Crippen LogP contribution in [0.25, 0.3) is 0 Å². The summed E-state index contributed by atoms with van der Waals surface area (Å²) in [5, 5.41) is 0. The van der Waals surface area contributed by atoms with Crippen LogP contribution >= 0.6 is 0 Å². The highest BCUT2D eigenvalue weighted by Crippen LogP contribution is 2.48. The fraction of sp³-hybridized carbons (Fsp3) is 0.778. The molecule has 2 saturated carbocycles. The number of benzene rings is 1. The summed E-state index contributed by atoms with van der Waals surface area (Å²) < 4.78 is 44.4. The standard InChI is InChI=1S/C27H38O7/c1-2-28-20-11-9-19(10-12-20)17-29-23-22(21-18-30-26(32-21)13-5-3-6-14-26)31-25-24(23)33-27(34-25)15-7-4-8-16-27/h9-12,21-25H,2-8,13-18H2,1H3/t21?,22-,23+,24-,25-/m1/s1. The third-order valence-corrected chi connectivity index (χ3v) is 8.04. The van der Waals surface area contributed by atoms with Gasteiger partial charge in [-0.1, -0.05) is 25.0 Å². The van der Waals surface area contributed by atoms with Crippen molar-refractivity contribution in [3.63, 3.8) is 0 Å². The Labute approximate surface area is 202 Å². The molecule has 0 radical (unpaired) electrons. The summed E-state index contributed by atoms with van der Waals surface area (Å²) in [6, 6.07) is 8.07. The summed E-state index contributed by atoms with van der Waals surface area (Å²) in [6.45, 7) is 3.64. The highest BCUT2D eigenvalue weighted by atomic mass is 16.9. The normalized spacial score (nSPS) is 36.2. The molecule has 6 rings (SSSR count). The van der Waals surface area contributed by atoms with E-state index in [-0.39, 0.29) is 24.4 Å². The number of hydrogen-bond donors (Lipinski definition) is 0. The molecule has 3 aliphatic heterocycles. The smallest absolute Gasteiger partial charge is 0.190 e. The van der Waals surface area contributed by atoms with E-state index in [2.05, 4.69) is 0 Å². The molecule has 2 aliphatic carbocycles. The quantitative estimate of drug-likeness (QED) is 0.584. The van der Waals surface area contributed by atoms with Gasteiger partial charge in [-0.3, -0.25) is 0 Å². The number of fused-ring (bicyclic) bond motifs is 1. The Balaban J connectivity index is 1.17. The third-order valence-electron chi connectivity index (χ3n) is 8.04. The average Bonchev–Trinajstić information content (AvgIpc) is 3.51. The molecule has 1 unspecified atom stereocenters. The van der Waals surface area contributed by atoms with E-state index in [0.29, 0.717) is 19.8 Å². The molecule has 0 aromatic heterocycles. The van der Waals surface area contributed by atoms with Crippen molar-refractivity contribution < 1.29 is 33.2 Å². The van der Waals surface area contributed by atoms with Crippen LogP contribution in [0.3, 0.4) is 0 Å². The van der Waals surface area contributed by atoms with Gasteiger partial charge in [0.15, 0.2) is 17.9 Å². The maximum atomic E-state index is 6.60. The molecule has 3 heterocycles. The summed E-state index contributed by atoms with van der Waals surface area (Å²) >= 11 is 0. The summed E-state index contributed by atoms with van der Waals surface area (Å²) in [7, 11) is 0. The summed E-state index contributed by atoms with van der Waals surface area (Å²) in [5.74, 6) is -0.0956.